The molecule has 6 rings (SSSR count). The number of ether oxygens (including phenoxy) is 4. The highest BCUT2D eigenvalue weighted by molar-refractivity contribution is 5.65. The van der Waals surface area contributed by atoms with Crippen molar-refractivity contribution in [1.29, 1.82) is 0 Å². The number of rotatable bonds is 9. The zero-order valence-electron chi connectivity index (χ0n) is 22.9. The predicted molar refractivity (Wildman–Crippen MR) is 164 cm³/mol. The van der Waals surface area contributed by atoms with Gasteiger partial charge in [0.15, 0.2) is 0 Å². The summed E-state index contributed by atoms with van der Waals surface area (Å²) in [6, 6.07) is 45.5. The van der Waals surface area contributed by atoms with Crippen LogP contribution >= 0.6 is 0 Å². The fourth-order valence-corrected chi connectivity index (χ4v) is 4.25. The van der Waals surface area contributed by atoms with Crippen LogP contribution in [0.3, 0.4) is 0 Å². The first kappa shape index (κ1) is 26.5. The van der Waals surface area contributed by atoms with E-state index in [9.17, 15) is 5.11 Å². The molecular weight excluding hydrogens is 524 g/mol. The molecule has 0 amide bonds. The molecule has 0 aliphatic heterocycles. The third kappa shape index (κ3) is 6.90. The molecule has 0 saturated carbocycles. The molecule has 0 aromatic heterocycles. The van der Waals surface area contributed by atoms with Crippen LogP contribution in [0.25, 0.3) is 11.1 Å². The molecule has 0 aliphatic carbocycles. The van der Waals surface area contributed by atoms with Crippen molar-refractivity contribution in [3.63, 3.8) is 0 Å². The van der Waals surface area contributed by atoms with E-state index >= 15 is 0 Å². The third-order valence-corrected chi connectivity index (χ3v) is 6.49. The summed E-state index contributed by atoms with van der Waals surface area (Å²) >= 11 is 0. The first-order valence-electron chi connectivity index (χ1n) is 13.5. The van der Waals surface area contributed by atoms with Crippen LogP contribution in [-0.4, -0.2) is 5.11 Å². The van der Waals surface area contributed by atoms with Gasteiger partial charge in [-0.3, -0.25) is 0 Å². The lowest BCUT2D eigenvalue weighted by atomic mass is 10.1. The molecule has 0 unspecified atom stereocenters. The Labute approximate surface area is 244 Å². The van der Waals surface area contributed by atoms with Crippen LogP contribution < -0.4 is 18.9 Å². The monoisotopic (exact) mass is 552 g/mol. The lowest BCUT2D eigenvalue weighted by Crippen LogP contribution is -1.87. The topological polar surface area (TPSA) is 57.2 Å². The van der Waals surface area contributed by atoms with Gasteiger partial charge in [-0.05, 0) is 127 Å². The minimum Gasteiger partial charge on any atom is -0.508 e. The number of phenols is 1. The highest BCUT2D eigenvalue weighted by atomic mass is 16.5. The van der Waals surface area contributed by atoms with Gasteiger partial charge in [-0.15, -0.1) is 0 Å². The van der Waals surface area contributed by atoms with Gasteiger partial charge in [-0.2, -0.15) is 0 Å². The summed E-state index contributed by atoms with van der Waals surface area (Å²) in [4.78, 5) is 0. The average molecular weight is 553 g/mol. The Kier molecular flexibility index (Phi) is 7.73. The Balaban J connectivity index is 1.02. The normalized spacial score (nSPS) is 10.6. The van der Waals surface area contributed by atoms with Gasteiger partial charge < -0.3 is 24.1 Å². The van der Waals surface area contributed by atoms with Gasteiger partial charge >= 0.3 is 0 Å². The Bertz CT molecular complexity index is 1590. The molecule has 0 fully saturated rings. The van der Waals surface area contributed by atoms with Crippen molar-refractivity contribution in [1.82, 2.24) is 0 Å². The Morgan fingerprint density at radius 1 is 0.310 bits per heavy atom. The highest BCUT2D eigenvalue weighted by Gasteiger charge is 2.05. The number of aromatic hydroxyl groups is 1. The molecule has 206 valence electrons. The summed E-state index contributed by atoms with van der Waals surface area (Å²) in [5.74, 6) is 6.02. The van der Waals surface area contributed by atoms with E-state index in [1.165, 1.54) is 5.56 Å². The molecule has 0 aliphatic rings. The van der Waals surface area contributed by atoms with Crippen LogP contribution in [0.2, 0.25) is 0 Å². The highest BCUT2D eigenvalue weighted by Crippen LogP contribution is 2.31. The molecule has 0 spiro atoms. The number of phenolic OH excluding ortho intramolecular Hbond substituents is 1. The molecule has 0 radical (unpaired) electrons. The van der Waals surface area contributed by atoms with Gasteiger partial charge in [0.1, 0.15) is 51.7 Å². The molecule has 0 heterocycles. The summed E-state index contributed by atoms with van der Waals surface area (Å²) in [5, 5.41) is 9.41. The second-order valence-corrected chi connectivity index (χ2v) is 9.71. The quantitative estimate of drug-likeness (QED) is 0.193. The largest absolute Gasteiger partial charge is 0.508 e. The zero-order chi connectivity index (χ0) is 28.7. The molecular formula is C37H28O5. The van der Waals surface area contributed by atoms with E-state index in [0.29, 0.717) is 17.2 Å². The number of benzene rings is 6. The molecule has 0 atom stereocenters. The van der Waals surface area contributed by atoms with Crippen LogP contribution in [0.4, 0.5) is 0 Å². The minimum atomic E-state index is 0.200. The molecule has 5 nitrogen and oxygen atoms in total. The van der Waals surface area contributed by atoms with Gasteiger partial charge in [-0.25, -0.2) is 0 Å². The second-order valence-electron chi connectivity index (χ2n) is 9.71. The molecule has 6 aromatic carbocycles. The van der Waals surface area contributed by atoms with Crippen LogP contribution in [-0.2, 0) is 0 Å². The number of aryl methyl sites for hydroxylation is 1. The van der Waals surface area contributed by atoms with E-state index in [0.717, 1.165) is 39.9 Å². The molecule has 5 heteroatoms. The van der Waals surface area contributed by atoms with Crippen molar-refractivity contribution in [2.24, 2.45) is 0 Å². The van der Waals surface area contributed by atoms with E-state index in [2.05, 4.69) is 6.92 Å². The zero-order valence-corrected chi connectivity index (χ0v) is 22.9. The lowest BCUT2D eigenvalue weighted by Gasteiger charge is -2.10. The van der Waals surface area contributed by atoms with Crippen molar-refractivity contribution >= 4 is 0 Å². The van der Waals surface area contributed by atoms with Gasteiger partial charge in [0.2, 0.25) is 0 Å². The van der Waals surface area contributed by atoms with Crippen LogP contribution in [0, 0.1) is 6.92 Å². The summed E-state index contributed by atoms with van der Waals surface area (Å²) in [7, 11) is 0. The van der Waals surface area contributed by atoms with Crippen molar-refractivity contribution in [2.45, 2.75) is 6.92 Å². The van der Waals surface area contributed by atoms with Crippen molar-refractivity contribution in [3.05, 3.63) is 151 Å². The van der Waals surface area contributed by atoms with Gasteiger partial charge in [0.05, 0.1) is 0 Å². The van der Waals surface area contributed by atoms with E-state index < -0.39 is 0 Å². The average Bonchev–Trinajstić information content (AvgIpc) is 3.02. The summed E-state index contributed by atoms with van der Waals surface area (Å²) in [6.45, 7) is 2.05. The van der Waals surface area contributed by atoms with Crippen LogP contribution in [0.5, 0.6) is 51.7 Å². The summed E-state index contributed by atoms with van der Waals surface area (Å²) in [6.07, 6.45) is 0. The van der Waals surface area contributed by atoms with Gasteiger partial charge in [-0.1, -0.05) is 42.0 Å². The van der Waals surface area contributed by atoms with E-state index in [4.69, 9.17) is 18.9 Å². The number of hydrogen-bond acceptors (Lipinski definition) is 5. The van der Waals surface area contributed by atoms with E-state index in [-0.39, 0.29) is 5.75 Å². The molecule has 0 saturated heterocycles. The lowest BCUT2D eigenvalue weighted by molar-refractivity contribution is 0.461. The Morgan fingerprint density at radius 2 is 0.524 bits per heavy atom. The fourth-order valence-electron chi connectivity index (χ4n) is 4.25. The van der Waals surface area contributed by atoms with Crippen LogP contribution in [0.15, 0.2) is 146 Å². The van der Waals surface area contributed by atoms with Crippen molar-refractivity contribution in [3.8, 4) is 62.9 Å². The Morgan fingerprint density at radius 3 is 0.810 bits per heavy atom. The van der Waals surface area contributed by atoms with Crippen molar-refractivity contribution < 1.29 is 24.1 Å². The molecule has 6 aromatic rings. The first-order valence-corrected chi connectivity index (χ1v) is 13.5. The minimum absolute atomic E-state index is 0.200. The Hall–Kier alpha value is -5.68. The maximum absolute atomic E-state index is 9.41. The molecule has 1 N–H and O–H groups in total. The standard InChI is InChI=1S/C37H28O5/c1-26-2-10-30(11-3-26)39-34-18-20-35(21-19-34)40-31-12-4-27(5-13-31)28-6-14-32(15-7-28)41-36-22-24-37(25-23-36)42-33-16-8-29(38)9-17-33/h2-25,38H,1H3. The van der Waals surface area contributed by atoms with Gasteiger partial charge in [0.25, 0.3) is 0 Å². The number of hydrogen-bond donors (Lipinski definition) is 1. The third-order valence-electron chi connectivity index (χ3n) is 6.49. The maximum atomic E-state index is 9.41. The molecule has 0 bridgehead atoms. The van der Waals surface area contributed by atoms with Crippen LogP contribution in [0.1, 0.15) is 5.56 Å². The smallest absolute Gasteiger partial charge is 0.127 e. The maximum Gasteiger partial charge on any atom is 0.127 e. The van der Waals surface area contributed by atoms with E-state index in [1.807, 2.05) is 121 Å². The summed E-state index contributed by atoms with van der Waals surface area (Å²) < 4.78 is 23.7. The van der Waals surface area contributed by atoms with Crippen molar-refractivity contribution in [2.75, 3.05) is 0 Å². The van der Waals surface area contributed by atoms with E-state index in [1.54, 1.807) is 24.3 Å². The summed E-state index contributed by atoms with van der Waals surface area (Å²) in [5.41, 5.74) is 3.34. The molecule has 42 heavy (non-hydrogen) atoms. The second kappa shape index (κ2) is 12.2. The first-order chi connectivity index (χ1) is 20.6. The van der Waals surface area contributed by atoms with Gasteiger partial charge in [0, 0.05) is 0 Å². The fraction of sp³-hybridized carbons (Fsp3) is 0.0270. The predicted octanol–water partition coefficient (Wildman–Crippen LogP) is 10.5. The SMILES string of the molecule is Cc1ccc(Oc2ccc(Oc3ccc(-c4ccc(Oc5ccc(Oc6ccc(O)cc6)cc5)cc4)cc3)cc2)cc1.